The van der Waals surface area contributed by atoms with Crippen LogP contribution in [0.15, 0.2) is 30.3 Å². The van der Waals surface area contributed by atoms with Gasteiger partial charge in [-0.15, -0.1) is 0 Å². The molecule has 2 aliphatic heterocycles. The molecule has 2 aromatic rings. The van der Waals surface area contributed by atoms with E-state index in [0.717, 1.165) is 69.4 Å². The number of para-hydroxylation sites is 1. The summed E-state index contributed by atoms with van der Waals surface area (Å²) in [6.45, 7) is 6.00. The SMILES string of the molecule is Cc1cc(N2CCCc3ccccc32)nc(N2CCN(C=O)CC2)n1. The largest absolute Gasteiger partial charge is 0.342 e. The number of carbonyl (C=O) groups is 1. The number of hydrogen-bond donors (Lipinski definition) is 0. The zero-order valence-corrected chi connectivity index (χ0v) is 14.6. The van der Waals surface area contributed by atoms with Crippen LogP contribution in [0.4, 0.5) is 17.5 Å². The molecule has 0 unspecified atom stereocenters. The number of piperazine rings is 1. The molecule has 0 spiro atoms. The van der Waals surface area contributed by atoms with Gasteiger partial charge in [-0.1, -0.05) is 18.2 Å². The van der Waals surface area contributed by atoms with Crippen LogP contribution in [-0.2, 0) is 11.2 Å². The van der Waals surface area contributed by atoms with Crippen molar-refractivity contribution in [3.63, 3.8) is 0 Å². The van der Waals surface area contributed by atoms with Crippen LogP contribution in [0, 0.1) is 6.92 Å². The maximum Gasteiger partial charge on any atom is 0.227 e. The van der Waals surface area contributed by atoms with Gasteiger partial charge in [0.05, 0.1) is 0 Å². The van der Waals surface area contributed by atoms with Gasteiger partial charge in [0.15, 0.2) is 0 Å². The molecule has 1 aromatic heterocycles. The number of anilines is 3. The highest BCUT2D eigenvalue weighted by Crippen LogP contribution is 2.33. The number of fused-ring (bicyclic) bond motifs is 1. The highest BCUT2D eigenvalue weighted by atomic mass is 16.1. The van der Waals surface area contributed by atoms with Crippen molar-refractivity contribution in [3.05, 3.63) is 41.6 Å². The van der Waals surface area contributed by atoms with Crippen LogP contribution in [-0.4, -0.2) is 54.0 Å². The van der Waals surface area contributed by atoms with Crippen molar-refractivity contribution < 1.29 is 4.79 Å². The van der Waals surface area contributed by atoms with Crippen molar-refractivity contribution in [3.8, 4) is 0 Å². The summed E-state index contributed by atoms with van der Waals surface area (Å²) in [4.78, 5) is 26.7. The van der Waals surface area contributed by atoms with Crippen LogP contribution in [0.5, 0.6) is 0 Å². The highest BCUT2D eigenvalue weighted by Gasteiger charge is 2.22. The van der Waals surface area contributed by atoms with Crippen LogP contribution < -0.4 is 9.80 Å². The summed E-state index contributed by atoms with van der Waals surface area (Å²) in [5.74, 6) is 1.73. The predicted molar refractivity (Wildman–Crippen MR) is 98.4 cm³/mol. The smallest absolute Gasteiger partial charge is 0.227 e. The van der Waals surface area contributed by atoms with E-state index >= 15 is 0 Å². The van der Waals surface area contributed by atoms with E-state index in [4.69, 9.17) is 4.98 Å². The second kappa shape index (κ2) is 6.70. The Hall–Kier alpha value is -2.63. The lowest BCUT2D eigenvalue weighted by molar-refractivity contribution is -0.118. The third-order valence-electron chi connectivity index (χ3n) is 4.96. The molecule has 2 aliphatic rings. The van der Waals surface area contributed by atoms with E-state index in [0.29, 0.717) is 0 Å². The fraction of sp³-hybridized carbons (Fsp3) is 0.421. The summed E-state index contributed by atoms with van der Waals surface area (Å²) in [6, 6.07) is 10.6. The predicted octanol–water partition coefficient (Wildman–Crippen LogP) is 2.15. The Morgan fingerprint density at radius 3 is 2.64 bits per heavy atom. The molecule has 0 N–H and O–H groups in total. The molecule has 0 radical (unpaired) electrons. The second-order valence-electron chi connectivity index (χ2n) is 6.68. The first-order valence-electron chi connectivity index (χ1n) is 8.90. The van der Waals surface area contributed by atoms with Gasteiger partial charge in [0.2, 0.25) is 12.4 Å². The van der Waals surface area contributed by atoms with E-state index in [1.807, 2.05) is 6.92 Å². The number of aromatic nitrogens is 2. The third kappa shape index (κ3) is 3.16. The summed E-state index contributed by atoms with van der Waals surface area (Å²) in [5.41, 5.74) is 3.61. The molecule has 0 saturated carbocycles. The van der Waals surface area contributed by atoms with Gasteiger partial charge in [0.25, 0.3) is 0 Å². The Morgan fingerprint density at radius 2 is 1.84 bits per heavy atom. The molecule has 1 amide bonds. The molecule has 3 heterocycles. The van der Waals surface area contributed by atoms with E-state index in [-0.39, 0.29) is 0 Å². The molecule has 130 valence electrons. The number of benzene rings is 1. The van der Waals surface area contributed by atoms with E-state index in [9.17, 15) is 4.79 Å². The average molecular weight is 337 g/mol. The summed E-state index contributed by atoms with van der Waals surface area (Å²) < 4.78 is 0. The van der Waals surface area contributed by atoms with E-state index in [1.54, 1.807) is 4.90 Å². The molecule has 0 atom stereocenters. The minimum Gasteiger partial charge on any atom is -0.342 e. The molecule has 1 fully saturated rings. The lowest BCUT2D eigenvalue weighted by Gasteiger charge is -2.34. The quantitative estimate of drug-likeness (QED) is 0.803. The van der Waals surface area contributed by atoms with Crippen LogP contribution in [0.2, 0.25) is 0 Å². The fourth-order valence-electron chi connectivity index (χ4n) is 3.62. The van der Waals surface area contributed by atoms with Crippen LogP contribution in [0.3, 0.4) is 0 Å². The Balaban J connectivity index is 1.64. The topological polar surface area (TPSA) is 52.6 Å². The molecule has 0 aliphatic carbocycles. The number of rotatable bonds is 3. The number of carbonyl (C=O) groups excluding carboxylic acids is 1. The van der Waals surface area contributed by atoms with Crippen molar-refractivity contribution in [1.82, 2.24) is 14.9 Å². The third-order valence-corrected chi connectivity index (χ3v) is 4.96. The monoisotopic (exact) mass is 337 g/mol. The first-order valence-corrected chi connectivity index (χ1v) is 8.90. The number of amides is 1. The summed E-state index contributed by atoms with van der Waals surface area (Å²) in [5, 5.41) is 0. The maximum atomic E-state index is 10.9. The van der Waals surface area contributed by atoms with Gasteiger partial charge in [0.1, 0.15) is 5.82 Å². The molecule has 4 rings (SSSR count). The second-order valence-corrected chi connectivity index (χ2v) is 6.68. The lowest BCUT2D eigenvalue weighted by atomic mass is 10.0. The van der Waals surface area contributed by atoms with Gasteiger partial charge >= 0.3 is 0 Å². The van der Waals surface area contributed by atoms with Crippen molar-refractivity contribution in [2.75, 3.05) is 42.5 Å². The Morgan fingerprint density at radius 1 is 1.04 bits per heavy atom. The van der Waals surface area contributed by atoms with Gasteiger partial charge in [0, 0.05) is 50.2 Å². The minimum absolute atomic E-state index is 0.725. The van der Waals surface area contributed by atoms with Gasteiger partial charge in [-0.3, -0.25) is 4.79 Å². The van der Waals surface area contributed by atoms with Crippen molar-refractivity contribution in [2.45, 2.75) is 19.8 Å². The average Bonchev–Trinajstić information content (AvgIpc) is 2.67. The van der Waals surface area contributed by atoms with Crippen molar-refractivity contribution in [2.24, 2.45) is 0 Å². The zero-order valence-electron chi connectivity index (χ0n) is 14.6. The van der Waals surface area contributed by atoms with Gasteiger partial charge in [-0.25, -0.2) is 4.98 Å². The molecular weight excluding hydrogens is 314 g/mol. The number of aryl methyl sites for hydroxylation is 2. The molecule has 25 heavy (non-hydrogen) atoms. The zero-order chi connectivity index (χ0) is 17.2. The summed E-state index contributed by atoms with van der Waals surface area (Å²) in [7, 11) is 0. The fourth-order valence-corrected chi connectivity index (χ4v) is 3.62. The lowest BCUT2D eigenvalue weighted by Crippen LogP contribution is -2.46. The minimum atomic E-state index is 0.725. The summed E-state index contributed by atoms with van der Waals surface area (Å²) in [6.07, 6.45) is 3.18. The van der Waals surface area contributed by atoms with Gasteiger partial charge in [-0.05, 0) is 31.4 Å². The molecule has 1 saturated heterocycles. The molecule has 0 bridgehead atoms. The highest BCUT2D eigenvalue weighted by molar-refractivity contribution is 5.66. The normalized spacial score (nSPS) is 17.4. The van der Waals surface area contributed by atoms with Crippen molar-refractivity contribution >= 4 is 23.9 Å². The van der Waals surface area contributed by atoms with Crippen LogP contribution in [0.25, 0.3) is 0 Å². The van der Waals surface area contributed by atoms with E-state index < -0.39 is 0 Å². The Bertz CT molecular complexity index is 770. The van der Waals surface area contributed by atoms with E-state index in [2.05, 4.69) is 45.1 Å². The molecule has 6 heteroatoms. The number of nitrogens with zero attached hydrogens (tertiary/aromatic N) is 5. The number of hydrogen-bond acceptors (Lipinski definition) is 5. The summed E-state index contributed by atoms with van der Waals surface area (Å²) >= 11 is 0. The first-order chi connectivity index (χ1) is 12.2. The Labute approximate surface area is 148 Å². The van der Waals surface area contributed by atoms with Crippen molar-refractivity contribution in [1.29, 1.82) is 0 Å². The van der Waals surface area contributed by atoms with E-state index in [1.165, 1.54) is 11.3 Å². The molecule has 6 nitrogen and oxygen atoms in total. The van der Waals surface area contributed by atoms with Crippen LogP contribution >= 0.6 is 0 Å². The molecule has 1 aromatic carbocycles. The Kier molecular flexibility index (Phi) is 4.26. The standard InChI is InChI=1S/C19H23N5O/c1-15-13-18(24-8-4-6-16-5-2-3-7-17(16)24)21-19(20-15)23-11-9-22(14-25)10-12-23/h2-3,5,7,13-14H,4,6,8-12H2,1H3. The first kappa shape index (κ1) is 15.9. The van der Waals surface area contributed by atoms with Gasteiger partial charge in [-0.2, -0.15) is 4.98 Å². The maximum absolute atomic E-state index is 10.9. The van der Waals surface area contributed by atoms with Gasteiger partial charge < -0.3 is 14.7 Å². The molecular formula is C19H23N5O. The van der Waals surface area contributed by atoms with Crippen LogP contribution in [0.1, 0.15) is 17.7 Å².